The number of anilines is 2. The number of nitrogen functional groups attached to an aromatic ring is 1. The molecule has 0 saturated heterocycles. The molecule has 3 aromatic heterocycles. The fourth-order valence-corrected chi connectivity index (χ4v) is 3.53. The van der Waals surface area contributed by atoms with E-state index in [0.29, 0.717) is 34.2 Å². The minimum Gasteiger partial charge on any atom is -0.382 e. The molecule has 0 aliphatic heterocycles. The van der Waals surface area contributed by atoms with Crippen LogP contribution in [0, 0.1) is 11.8 Å². The molecule has 0 fully saturated rings. The van der Waals surface area contributed by atoms with E-state index >= 15 is 0 Å². The van der Waals surface area contributed by atoms with Gasteiger partial charge in [0.1, 0.15) is 28.7 Å². The fourth-order valence-electron chi connectivity index (χ4n) is 3.53. The van der Waals surface area contributed by atoms with Crippen LogP contribution in [0.4, 0.5) is 11.6 Å². The van der Waals surface area contributed by atoms with Crippen LogP contribution in [0.5, 0.6) is 0 Å². The number of hydrogen-bond donors (Lipinski definition) is 2. The highest BCUT2D eigenvalue weighted by Gasteiger charge is 2.24. The van der Waals surface area contributed by atoms with Gasteiger partial charge >= 0.3 is 0 Å². The number of carbonyl (C=O) groups excluding carboxylic acids is 2. The Morgan fingerprint density at radius 1 is 1.12 bits per heavy atom. The predicted octanol–water partition coefficient (Wildman–Crippen LogP) is 3.17. The zero-order chi connectivity index (χ0) is 24.2. The van der Waals surface area contributed by atoms with Crippen molar-refractivity contribution in [1.29, 1.82) is 0 Å². The number of aromatic nitrogens is 4. The molecule has 9 nitrogen and oxygen atoms in total. The number of amides is 2. The van der Waals surface area contributed by atoms with E-state index in [9.17, 15) is 9.59 Å². The van der Waals surface area contributed by atoms with Gasteiger partial charge in [0.15, 0.2) is 0 Å². The molecule has 9 heteroatoms. The summed E-state index contributed by atoms with van der Waals surface area (Å²) in [6.07, 6.45) is 4.95. The van der Waals surface area contributed by atoms with Gasteiger partial charge in [-0.05, 0) is 44.0 Å². The van der Waals surface area contributed by atoms with Gasteiger partial charge in [0.2, 0.25) is 0 Å². The number of carbonyl (C=O) groups is 2. The zero-order valence-electron chi connectivity index (χ0n) is 19.0. The van der Waals surface area contributed by atoms with Gasteiger partial charge in [-0.3, -0.25) is 14.0 Å². The second kappa shape index (κ2) is 9.42. The third-order valence-electron chi connectivity index (χ3n) is 5.44. The summed E-state index contributed by atoms with van der Waals surface area (Å²) >= 11 is 0. The first-order valence-electron chi connectivity index (χ1n) is 10.6. The van der Waals surface area contributed by atoms with Crippen LogP contribution in [0.1, 0.15) is 36.1 Å². The Bertz CT molecular complexity index is 1420. The summed E-state index contributed by atoms with van der Waals surface area (Å²) in [7, 11) is 1.68. The Kier molecular flexibility index (Phi) is 6.23. The van der Waals surface area contributed by atoms with Crippen LogP contribution < -0.4 is 11.1 Å². The molecule has 0 radical (unpaired) electrons. The van der Waals surface area contributed by atoms with Crippen LogP contribution in [0.3, 0.4) is 0 Å². The van der Waals surface area contributed by atoms with Crippen molar-refractivity contribution in [2.24, 2.45) is 0 Å². The molecule has 0 unspecified atom stereocenters. The number of imidazole rings is 1. The number of benzene rings is 1. The molecule has 0 spiro atoms. The predicted molar refractivity (Wildman–Crippen MR) is 130 cm³/mol. The minimum absolute atomic E-state index is 0.271. The third-order valence-corrected chi connectivity index (χ3v) is 5.44. The fraction of sp³-hybridized carbons (Fsp3) is 0.160. The number of pyridine rings is 1. The maximum absolute atomic E-state index is 12.6. The first-order chi connectivity index (χ1) is 16.4. The highest BCUT2D eigenvalue weighted by molar-refractivity contribution is 6.04. The molecular weight excluding hydrogens is 430 g/mol. The van der Waals surface area contributed by atoms with E-state index in [4.69, 9.17) is 10.7 Å². The van der Waals surface area contributed by atoms with E-state index in [1.54, 1.807) is 75.0 Å². The van der Waals surface area contributed by atoms with Crippen molar-refractivity contribution in [1.82, 2.24) is 24.3 Å². The van der Waals surface area contributed by atoms with E-state index in [1.807, 2.05) is 11.3 Å². The molecule has 34 heavy (non-hydrogen) atoms. The van der Waals surface area contributed by atoms with Crippen LogP contribution in [0.2, 0.25) is 0 Å². The SMILES string of the molecule is CC#CC(=O)N(C)[C@@H](C)c1nc(-c2ccc(C(=O)Nc3ccccn3)cc2)c2c(N)nccn12. The van der Waals surface area contributed by atoms with Gasteiger partial charge < -0.3 is 16.0 Å². The highest BCUT2D eigenvalue weighted by atomic mass is 16.2. The Morgan fingerprint density at radius 2 is 1.88 bits per heavy atom. The molecular formula is C25H23N7O2. The molecule has 0 aliphatic carbocycles. The van der Waals surface area contributed by atoms with E-state index < -0.39 is 0 Å². The van der Waals surface area contributed by atoms with Crippen molar-refractivity contribution < 1.29 is 9.59 Å². The average Bonchev–Trinajstić information content (AvgIpc) is 3.25. The summed E-state index contributed by atoms with van der Waals surface area (Å²) in [5.41, 5.74) is 8.67. The molecule has 1 atom stereocenters. The first-order valence-corrected chi connectivity index (χ1v) is 10.6. The van der Waals surface area contributed by atoms with Gasteiger partial charge in [-0.25, -0.2) is 15.0 Å². The van der Waals surface area contributed by atoms with Crippen molar-refractivity contribution in [3.63, 3.8) is 0 Å². The second-order valence-electron chi connectivity index (χ2n) is 7.56. The van der Waals surface area contributed by atoms with Crippen molar-refractivity contribution in [3.8, 4) is 23.1 Å². The topological polar surface area (TPSA) is 119 Å². The molecule has 4 aromatic rings. The van der Waals surface area contributed by atoms with Gasteiger partial charge in [0.05, 0.1) is 6.04 Å². The Balaban J connectivity index is 1.70. The molecule has 0 saturated carbocycles. The van der Waals surface area contributed by atoms with Crippen molar-refractivity contribution in [2.45, 2.75) is 19.9 Å². The minimum atomic E-state index is -0.375. The summed E-state index contributed by atoms with van der Waals surface area (Å²) in [6.45, 7) is 3.49. The number of nitrogens with two attached hydrogens (primary N) is 1. The lowest BCUT2D eigenvalue weighted by Gasteiger charge is -2.21. The largest absolute Gasteiger partial charge is 0.382 e. The van der Waals surface area contributed by atoms with Crippen molar-refractivity contribution in [3.05, 3.63) is 72.4 Å². The lowest BCUT2D eigenvalue weighted by Crippen LogP contribution is -2.29. The normalized spacial score (nSPS) is 11.4. The van der Waals surface area contributed by atoms with Crippen LogP contribution >= 0.6 is 0 Å². The molecule has 0 aliphatic rings. The smallest absolute Gasteiger partial charge is 0.298 e. The lowest BCUT2D eigenvalue weighted by molar-refractivity contribution is -0.125. The summed E-state index contributed by atoms with van der Waals surface area (Å²) < 4.78 is 1.83. The maximum Gasteiger partial charge on any atom is 0.298 e. The molecule has 3 heterocycles. The quantitative estimate of drug-likeness (QED) is 0.448. The van der Waals surface area contributed by atoms with Crippen molar-refractivity contribution >= 4 is 29.0 Å². The Hall–Kier alpha value is -4.71. The summed E-state index contributed by atoms with van der Waals surface area (Å²) in [4.78, 5) is 39.5. The highest BCUT2D eigenvalue weighted by Crippen LogP contribution is 2.31. The van der Waals surface area contributed by atoms with E-state index in [2.05, 4.69) is 27.1 Å². The van der Waals surface area contributed by atoms with Crippen LogP contribution in [-0.2, 0) is 4.79 Å². The Morgan fingerprint density at radius 3 is 2.56 bits per heavy atom. The van der Waals surface area contributed by atoms with Gasteiger partial charge in [0, 0.05) is 36.8 Å². The number of rotatable bonds is 5. The van der Waals surface area contributed by atoms with Gasteiger partial charge in [-0.2, -0.15) is 0 Å². The van der Waals surface area contributed by atoms with Gasteiger partial charge in [0.25, 0.3) is 11.8 Å². The molecule has 170 valence electrons. The lowest BCUT2D eigenvalue weighted by atomic mass is 10.1. The maximum atomic E-state index is 12.6. The van der Waals surface area contributed by atoms with Crippen molar-refractivity contribution in [2.75, 3.05) is 18.1 Å². The molecule has 4 rings (SSSR count). The first kappa shape index (κ1) is 22.5. The van der Waals surface area contributed by atoms with E-state index in [1.165, 1.54) is 4.90 Å². The molecule has 1 aromatic carbocycles. The monoisotopic (exact) mass is 453 g/mol. The molecule has 2 amide bonds. The van der Waals surface area contributed by atoms with Crippen LogP contribution in [0.15, 0.2) is 61.1 Å². The number of hydrogen-bond acceptors (Lipinski definition) is 6. The summed E-state index contributed by atoms with van der Waals surface area (Å²) in [6, 6.07) is 11.9. The van der Waals surface area contributed by atoms with Gasteiger partial charge in [-0.1, -0.05) is 24.1 Å². The number of nitrogens with one attached hydrogen (secondary N) is 1. The summed E-state index contributed by atoms with van der Waals surface area (Å²) in [5, 5.41) is 2.76. The molecule has 3 N–H and O–H groups in total. The van der Waals surface area contributed by atoms with E-state index in [-0.39, 0.29) is 17.9 Å². The number of nitrogens with zero attached hydrogens (tertiary/aromatic N) is 5. The van der Waals surface area contributed by atoms with Crippen LogP contribution in [0.25, 0.3) is 16.8 Å². The molecule has 0 bridgehead atoms. The second-order valence-corrected chi connectivity index (χ2v) is 7.56. The summed E-state index contributed by atoms with van der Waals surface area (Å²) in [5.74, 6) is 5.99. The standard InChI is InChI=1S/C25H23N7O2/c1-4-7-20(33)31(3)16(2)24-30-21(22-23(26)28-14-15-32(22)24)17-9-11-18(12-10-17)25(34)29-19-8-5-6-13-27-19/h5-6,8-16H,1-3H3,(H2,26,28)(H,27,29,34)/t16-/m0/s1. The number of fused-ring (bicyclic) bond motifs is 1. The van der Waals surface area contributed by atoms with E-state index in [0.717, 1.165) is 5.56 Å². The zero-order valence-corrected chi connectivity index (χ0v) is 19.0. The Labute approximate surface area is 196 Å². The third kappa shape index (κ3) is 4.29. The average molecular weight is 454 g/mol. The van der Waals surface area contributed by atoms with Crippen LogP contribution in [-0.4, -0.2) is 43.1 Å². The van der Waals surface area contributed by atoms with Gasteiger partial charge in [-0.15, -0.1) is 0 Å².